The van der Waals surface area contributed by atoms with Crippen molar-refractivity contribution in [2.45, 2.75) is 50.2 Å². The van der Waals surface area contributed by atoms with Crippen LogP contribution in [0.25, 0.3) is 0 Å². The summed E-state index contributed by atoms with van der Waals surface area (Å²) >= 11 is 0. The van der Waals surface area contributed by atoms with E-state index in [0.29, 0.717) is 24.9 Å². The van der Waals surface area contributed by atoms with E-state index in [2.05, 4.69) is 11.4 Å². The molecule has 1 aliphatic rings. The van der Waals surface area contributed by atoms with Gasteiger partial charge in [-0.15, -0.1) is 0 Å². The molecule has 0 unspecified atom stereocenters. The average Bonchev–Trinajstić information content (AvgIpc) is 2.39. The van der Waals surface area contributed by atoms with Gasteiger partial charge in [-0.05, 0) is 49.8 Å². The summed E-state index contributed by atoms with van der Waals surface area (Å²) in [4.78, 5) is 0. The molecule has 21 heavy (non-hydrogen) atoms. The Morgan fingerprint density at radius 2 is 1.90 bits per heavy atom. The van der Waals surface area contributed by atoms with Crippen molar-refractivity contribution < 1.29 is 17.9 Å². The molecule has 0 heterocycles. The van der Waals surface area contributed by atoms with E-state index in [-0.39, 0.29) is 6.42 Å². The Morgan fingerprint density at radius 1 is 1.19 bits per heavy atom. The number of alkyl halides is 3. The Bertz CT molecular complexity index is 441. The van der Waals surface area contributed by atoms with Crippen LogP contribution in [0.1, 0.15) is 43.6 Å². The van der Waals surface area contributed by atoms with Gasteiger partial charge in [0.25, 0.3) is 0 Å². The number of ether oxygens (including phenoxy) is 1. The van der Waals surface area contributed by atoms with Crippen LogP contribution in [0.3, 0.4) is 0 Å². The summed E-state index contributed by atoms with van der Waals surface area (Å²) in [5, 5.41) is 3.33. The summed E-state index contributed by atoms with van der Waals surface area (Å²) in [6.45, 7) is 0.666. The van der Waals surface area contributed by atoms with Gasteiger partial charge < -0.3 is 10.1 Å². The molecule has 1 aromatic carbocycles. The summed E-state index contributed by atoms with van der Waals surface area (Å²) in [5.41, 5.74) is 1.23. The Labute approximate surface area is 123 Å². The molecule has 0 atom stereocenters. The summed E-state index contributed by atoms with van der Waals surface area (Å²) in [7, 11) is 1.67. The second-order valence-electron chi connectivity index (χ2n) is 5.63. The maximum atomic E-state index is 12.0. The van der Waals surface area contributed by atoms with Gasteiger partial charge in [0.15, 0.2) is 0 Å². The Kier molecular flexibility index (Phi) is 5.51. The highest BCUT2D eigenvalue weighted by Gasteiger charge is 2.31. The van der Waals surface area contributed by atoms with Crippen LogP contribution in [0.2, 0.25) is 0 Å². The molecule has 1 aliphatic carbocycles. The SMILES string of the molecule is COc1ccccc1C1CC(NCCCCC(F)(F)F)C1. The first kappa shape index (κ1) is 16.1. The molecule has 1 aromatic rings. The zero-order chi connectivity index (χ0) is 15.3. The van der Waals surface area contributed by atoms with Crippen molar-refractivity contribution in [1.82, 2.24) is 5.32 Å². The Balaban J connectivity index is 1.63. The first-order chi connectivity index (χ1) is 9.99. The maximum Gasteiger partial charge on any atom is 0.389 e. The zero-order valence-corrected chi connectivity index (χ0v) is 12.2. The minimum Gasteiger partial charge on any atom is -0.496 e. The first-order valence-corrected chi connectivity index (χ1v) is 7.42. The van der Waals surface area contributed by atoms with Crippen LogP contribution in [0.5, 0.6) is 5.75 Å². The van der Waals surface area contributed by atoms with E-state index in [4.69, 9.17) is 4.74 Å². The number of methoxy groups -OCH3 is 1. The molecule has 0 saturated heterocycles. The Morgan fingerprint density at radius 3 is 2.57 bits per heavy atom. The average molecular weight is 301 g/mol. The molecule has 1 fully saturated rings. The second kappa shape index (κ2) is 7.16. The highest BCUT2D eigenvalue weighted by molar-refractivity contribution is 5.37. The number of rotatable bonds is 7. The standard InChI is InChI=1S/C16H22F3NO/c1-21-15-7-3-2-6-14(15)12-10-13(11-12)20-9-5-4-8-16(17,18)19/h2-3,6-7,12-13,20H,4-5,8-11H2,1H3. The number of nitrogens with one attached hydrogen (secondary N) is 1. The van der Waals surface area contributed by atoms with Gasteiger partial charge in [-0.3, -0.25) is 0 Å². The van der Waals surface area contributed by atoms with Crippen LogP contribution >= 0.6 is 0 Å². The number of hydrogen-bond donors (Lipinski definition) is 1. The lowest BCUT2D eigenvalue weighted by Crippen LogP contribution is -2.40. The molecule has 1 N–H and O–H groups in total. The van der Waals surface area contributed by atoms with Crippen LogP contribution in [0, 0.1) is 0 Å². The predicted molar refractivity (Wildman–Crippen MR) is 76.7 cm³/mol. The third-order valence-electron chi connectivity index (χ3n) is 4.04. The molecule has 2 rings (SSSR count). The molecule has 0 aliphatic heterocycles. The van der Waals surface area contributed by atoms with E-state index in [0.717, 1.165) is 18.6 Å². The molecule has 0 radical (unpaired) electrons. The van der Waals surface area contributed by atoms with E-state index in [1.807, 2.05) is 18.2 Å². The van der Waals surface area contributed by atoms with Crippen LogP contribution in [-0.4, -0.2) is 25.9 Å². The quantitative estimate of drug-likeness (QED) is 0.760. The fourth-order valence-electron chi connectivity index (χ4n) is 2.80. The number of unbranched alkanes of at least 4 members (excludes halogenated alkanes) is 1. The number of benzene rings is 1. The summed E-state index contributed by atoms with van der Waals surface area (Å²) in [6, 6.07) is 8.44. The smallest absolute Gasteiger partial charge is 0.389 e. The van der Waals surface area contributed by atoms with Gasteiger partial charge in [0, 0.05) is 12.5 Å². The normalized spacial score (nSPS) is 21.9. The number of para-hydroxylation sites is 1. The lowest BCUT2D eigenvalue weighted by Gasteiger charge is -2.37. The van der Waals surface area contributed by atoms with Crippen molar-refractivity contribution in [3.05, 3.63) is 29.8 Å². The van der Waals surface area contributed by atoms with Crippen molar-refractivity contribution in [2.24, 2.45) is 0 Å². The first-order valence-electron chi connectivity index (χ1n) is 7.42. The van der Waals surface area contributed by atoms with E-state index >= 15 is 0 Å². The fourth-order valence-corrected chi connectivity index (χ4v) is 2.80. The minimum absolute atomic E-state index is 0.207. The van der Waals surface area contributed by atoms with Gasteiger partial charge >= 0.3 is 6.18 Å². The minimum atomic E-state index is -4.02. The lowest BCUT2D eigenvalue weighted by molar-refractivity contribution is -0.135. The highest BCUT2D eigenvalue weighted by Crippen LogP contribution is 2.40. The van der Waals surface area contributed by atoms with Crippen molar-refractivity contribution >= 4 is 0 Å². The predicted octanol–water partition coefficient (Wildman–Crippen LogP) is 4.26. The summed E-state index contributed by atoms with van der Waals surface area (Å²) in [6.07, 6.45) is -1.86. The topological polar surface area (TPSA) is 21.3 Å². The van der Waals surface area contributed by atoms with Gasteiger partial charge in [0.1, 0.15) is 5.75 Å². The zero-order valence-electron chi connectivity index (χ0n) is 12.2. The third kappa shape index (κ3) is 4.92. The van der Waals surface area contributed by atoms with Gasteiger partial charge in [-0.1, -0.05) is 18.2 Å². The number of hydrogen-bond acceptors (Lipinski definition) is 2. The molecule has 0 spiro atoms. The fraction of sp³-hybridized carbons (Fsp3) is 0.625. The molecule has 5 heteroatoms. The summed E-state index contributed by atoms with van der Waals surface area (Å²) < 4.78 is 41.3. The maximum absolute atomic E-state index is 12.0. The van der Waals surface area contributed by atoms with E-state index in [1.54, 1.807) is 7.11 Å². The van der Waals surface area contributed by atoms with Crippen LogP contribution in [0.4, 0.5) is 13.2 Å². The highest BCUT2D eigenvalue weighted by atomic mass is 19.4. The van der Waals surface area contributed by atoms with Crippen LogP contribution < -0.4 is 10.1 Å². The van der Waals surface area contributed by atoms with Gasteiger partial charge in [0.05, 0.1) is 7.11 Å². The number of halogens is 3. The van der Waals surface area contributed by atoms with Crippen LogP contribution in [-0.2, 0) is 0 Å². The Hall–Kier alpha value is -1.23. The van der Waals surface area contributed by atoms with Crippen LogP contribution in [0.15, 0.2) is 24.3 Å². The van der Waals surface area contributed by atoms with E-state index in [1.165, 1.54) is 5.56 Å². The van der Waals surface area contributed by atoms with E-state index < -0.39 is 12.6 Å². The molecule has 1 saturated carbocycles. The van der Waals surface area contributed by atoms with Crippen molar-refractivity contribution in [3.63, 3.8) is 0 Å². The molecule has 2 nitrogen and oxygen atoms in total. The molecule has 118 valence electrons. The summed E-state index contributed by atoms with van der Waals surface area (Å²) in [5.74, 6) is 1.42. The molecule has 0 bridgehead atoms. The van der Waals surface area contributed by atoms with Crippen molar-refractivity contribution in [2.75, 3.05) is 13.7 Å². The molecular weight excluding hydrogens is 279 g/mol. The monoisotopic (exact) mass is 301 g/mol. The van der Waals surface area contributed by atoms with Gasteiger partial charge in [0.2, 0.25) is 0 Å². The largest absolute Gasteiger partial charge is 0.496 e. The second-order valence-corrected chi connectivity index (χ2v) is 5.63. The van der Waals surface area contributed by atoms with Gasteiger partial charge in [-0.25, -0.2) is 0 Å². The van der Waals surface area contributed by atoms with E-state index in [9.17, 15) is 13.2 Å². The lowest BCUT2D eigenvalue weighted by atomic mass is 9.75. The molecule has 0 amide bonds. The third-order valence-corrected chi connectivity index (χ3v) is 4.04. The van der Waals surface area contributed by atoms with Gasteiger partial charge in [-0.2, -0.15) is 13.2 Å². The van der Waals surface area contributed by atoms with Crippen molar-refractivity contribution in [3.8, 4) is 5.75 Å². The van der Waals surface area contributed by atoms with Crippen molar-refractivity contribution in [1.29, 1.82) is 0 Å². The molecule has 0 aromatic heterocycles. The molecular formula is C16H22F3NO.